The van der Waals surface area contributed by atoms with Crippen LogP contribution in [0.25, 0.3) is 0 Å². The summed E-state index contributed by atoms with van der Waals surface area (Å²) in [6.07, 6.45) is 0. The molecule has 0 aliphatic carbocycles. The van der Waals surface area contributed by atoms with E-state index < -0.39 is 5.97 Å². The lowest BCUT2D eigenvalue weighted by molar-refractivity contribution is -0.131. The van der Waals surface area contributed by atoms with Gasteiger partial charge in [0.15, 0.2) is 0 Å². The number of rotatable bonds is 2. The second-order valence-electron chi connectivity index (χ2n) is 2.65. The molecule has 0 atom stereocenters. The number of para-hydroxylation sites is 1. The lowest BCUT2D eigenvalue weighted by Gasteiger charge is -2.06. The number of carbonyl (C=O) groups excluding carboxylic acids is 1. The largest absolute Gasteiger partial charge is 0.426 e. The van der Waals surface area contributed by atoms with E-state index in [9.17, 15) is 4.79 Å². The molecule has 78 valence electrons. The summed E-state index contributed by atoms with van der Waals surface area (Å²) < 4.78 is 4.91. The molecule has 0 fully saturated rings. The molecule has 1 rings (SSSR count). The lowest BCUT2D eigenvalue weighted by Crippen LogP contribution is -2.08. The van der Waals surface area contributed by atoms with Gasteiger partial charge in [-0.15, -0.1) is 5.11 Å². The Labute approximate surface area is 86.2 Å². The van der Waals surface area contributed by atoms with Crippen molar-refractivity contribution >= 4 is 11.8 Å². The average molecular weight is 206 g/mol. The maximum absolute atomic E-state index is 10.8. The minimum Gasteiger partial charge on any atom is -0.426 e. The first-order valence-corrected chi connectivity index (χ1v) is 4.12. The van der Waals surface area contributed by atoms with Crippen molar-refractivity contribution in [3.8, 4) is 5.75 Å². The molecule has 0 amide bonds. The van der Waals surface area contributed by atoms with E-state index in [1.54, 1.807) is 24.3 Å². The second-order valence-corrected chi connectivity index (χ2v) is 2.65. The third-order valence-electron chi connectivity index (χ3n) is 1.61. The molecule has 0 aliphatic rings. The predicted octanol–water partition coefficient (Wildman–Crippen LogP) is 1.26. The van der Waals surface area contributed by atoms with Gasteiger partial charge in [0, 0.05) is 6.92 Å². The van der Waals surface area contributed by atoms with Gasteiger partial charge in [0.2, 0.25) is 5.84 Å². The molecule has 0 saturated heterocycles. The smallest absolute Gasteiger partial charge is 0.308 e. The van der Waals surface area contributed by atoms with Gasteiger partial charge in [-0.3, -0.25) is 4.79 Å². The van der Waals surface area contributed by atoms with Crippen LogP contribution in [0, 0.1) is 5.53 Å². The van der Waals surface area contributed by atoms with Crippen molar-refractivity contribution in [1.82, 2.24) is 0 Å². The molecule has 6 heteroatoms. The molecule has 0 saturated carbocycles. The van der Waals surface area contributed by atoms with E-state index >= 15 is 0 Å². The summed E-state index contributed by atoms with van der Waals surface area (Å²) in [5.41, 5.74) is 7.26. The van der Waals surface area contributed by atoms with E-state index in [1.165, 1.54) is 6.92 Å². The van der Waals surface area contributed by atoms with Gasteiger partial charge in [0.25, 0.3) is 0 Å². The molecule has 0 aliphatic heterocycles. The first kappa shape index (κ1) is 10.8. The maximum atomic E-state index is 10.8. The summed E-state index contributed by atoms with van der Waals surface area (Å²) >= 11 is 0. The summed E-state index contributed by atoms with van der Waals surface area (Å²) in [6.45, 7) is 1.29. The third kappa shape index (κ3) is 2.60. The second kappa shape index (κ2) is 4.85. The van der Waals surface area contributed by atoms with E-state index in [2.05, 4.69) is 10.2 Å². The zero-order valence-corrected chi connectivity index (χ0v) is 8.10. The average Bonchev–Trinajstić information content (AvgIpc) is 2.21. The van der Waals surface area contributed by atoms with E-state index in [4.69, 9.17) is 16.1 Å². The van der Waals surface area contributed by atoms with Gasteiger partial charge in [0.05, 0.1) is 5.56 Å². The number of nitrogens with zero attached hydrogens (tertiary/aromatic N) is 2. The predicted molar refractivity (Wildman–Crippen MR) is 53.6 cm³/mol. The zero-order valence-electron chi connectivity index (χ0n) is 8.10. The fourth-order valence-corrected chi connectivity index (χ4v) is 1.05. The number of ether oxygens (including phenoxy) is 1. The number of carbonyl (C=O) groups is 1. The molecule has 0 radical (unpaired) electrons. The van der Waals surface area contributed by atoms with Crippen LogP contribution < -0.4 is 10.6 Å². The molecule has 3 N–H and O–H groups in total. The number of nitrogens with one attached hydrogen (secondary N) is 1. The monoisotopic (exact) mass is 206 g/mol. The highest BCUT2D eigenvalue weighted by molar-refractivity contribution is 6.01. The van der Waals surface area contributed by atoms with Crippen LogP contribution in [0.3, 0.4) is 0 Å². The van der Waals surface area contributed by atoms with Gasteiger partial charge >= 0.3 is 5.97 Å². The SMILES string of the molecule is CC(=O)Oc1ccccc1C(N=N)=NN. The minimum absolute atomic E-state index is 0.00634. The highest BCUT2D eigenvalue weighted by Crippen LogP contribution is 2.19. The van der Waals surface area contributed by atoms with Crippen LogP contribution in [-0.2, 0) is 4.79 Å². The Morgan fingerprint density at radius 2 is 2.13 bits per heavy atom. The molecule has 0 aromatic heterocycles. The van der Waals surface area contributed by atoms with E-state index in [-0.39, 0.29) is 11.6 Å². The molecular weight excluding hydrogens is 196 g/mol. The van der Waals surface area contributed by atoms with Gasteiger partial charge in [-0.2, -0.15) is 5.10 Å². The quantitative estimate of drug-likeness (QED) is 0.145. The Morgan fingerprint density at radius 1 is 1.47 bits per heavy atom. The standard InChI is InChI=1S/C9H10N4O2/c1-6(14)15-8-5-3-2-4-7(8)9(12-10)13-11/h2-5,10H,11H2,1H3. The summed E-state index contributed by atoms with van der Waals surface area (Å²) in [4.78, 5) is 10.8. The molecule has 15 heavy (non-hydrogen) atoms. The van der Waals surface area contributed by atoms with Gasteiger partial charge < -0.3 is 10.6 Å². The van der Waals surface area contributed by atoms with Crippen LogP contribution in [-0.4, -0.2) is 11.8 Å². The number of hydrogen-bond donors (Lipinski definition) is 2. The fraction of sp³-hybridized carbons (Fsp3) is 0.111. The van der Waals surface area contributed by atoms with Crippen molar-refractivity contribution in [3.05, 3.63) is 29.8 Å². The number of nitrogens with two attached hydrogens (primary N) is 1. The molecule has 1 aromatic rings. The number of hydrazone groups is 1. The molecule has 6 nitrogen and oxygen atoms in total. The lowest BCUT2D eigenvalue weighted by atomic mass is 10.2. The Balaban J connectivity index is 3.16. The Morgan fingerprint density at radius 3 is 2.67 bits per heavy atom. The molecule has 0 spiro atoms. The normalized spacial score (nSPS) is 10.9. The molecule has 0 heterocycles. The summed E-state index contributed by atoms with van der Waals surface area (Å²) in [5.74, 6) is 4.88. The van der Waals surface area contributed by atoms with Crippen LogP contribution in [0.4, 0.5) is 0 Å². The highest BCUT2D eigenvalue weighted by atomic mass is 16.5. The van der Waals surface area contributed by atoms with Crippen molar-refractivity contribution in [2.24, 2.45) is 16.1 Å². The van der Waals surface area contributed by atoms with Crippen molar-refractivity contribution in [2.45, 2.75) is 6.92 Å². The van der Waals surface area contributed by atoms with E-state index in [1.807, 2.05) is 0 Å². The van der Waals surface area contributed by atoms with Crippen molar-refractivity contribution in [2.75, 3.05) is 0 Å². The molecular formula is C9H10N4O2. The number of benzene rings is 1. The Bertz CT molecular complexity index is 414. The van der Waals surface area contributed by atoms with Crippen LogP contribution in [0.15, 0.2) is 34.5 Å². The first-order chi connectivity index (χ1) is 7.19. The minimum atomic E-state index is -0.455. The van der Waals surface area contributed by atoms with Crippen LogP contribution in [0.2, 0.25) is 0 Å². The highest BCUT2D eigenvalue weighted by Gasteiger charge is 2.10. The number of esters is 1. The van der Waals surface area contributed by atoms with Gasteiger partial charge in [-0.25, -0.2) is 5.53 Å². The number of hydrogen-bond acceptors (Lipinski definition) is 5. The summed E-state index contributed by atoms with van der Waals surface area (Å²) in [7, 11) is 0. The Kier molecular flexibility index (Phi) is 3.50. The van der Waals surface area contributed by atoms with Crippen LogP contribution >= 0.6 is 0 Å². The van der Waals surface area contributed by atoms with Gasteiger partial charge in [-0.05, 0) is 12.1 Å². The summed E-state index contributed by atoms with van der Waals surface area (Å²) in [5, 5.41) is 6.44. The topological polar surface area (TPSA) is 101 Å². The van der Waals surface area contributed by atoms with Crippen molar-refractivity contribution in [3.63, 3.8) is 0 Å². The molecule has 0 bridgehead atoms. The third-order valence-corrected chi connectivity index (χ3v) is 1.61. The van der Waals surface area contributed by atoms with Gasteiger partial charge in [0.1, 0.15) is 5.75 Å². The van der Waals surface area contributed by atoms with E-state index in [0.29, 0.717) is 5.56 Å². The molecule has 1 aromatic carbocycles. The fourth-order valence-electron chi connectivity index (χ4n) is 1.05. The molecule has 0 unspecified atom stereocenters. The van der Waals surface area contributed by atoms with Crippen LogP contribution in [0.5, 0.6) is 5.75 Å². The van der Waals surface area contributed by atoms with Crippen molar-refractivity contribution < 1.29 is 9.53 Å². The van der Waals surface area contributed by atoms with Crippen molar-refractivity contribution in [1.29, 1.82) is 5.53 Å². The van der Waals surface area contributed by atoms with E-state index in [0.717, 1.165) is 0 Å². The Hall–Kier alpha value is -2.24. The number of amidine groups is 1. The zero-order chi connectivity index (χ0) is 11.3. The maximum Gasteiger partial charge on any atom is 0.308 e. The van der Waals surface area contributed by atoms with Crippen LogP contribution in [0.1, 0.15) is 12.5 Å². The van der Waals surface area contributed by atoms with Gasteiger partial charge in [-0.1, -0.05) is 12.1 Å². The summed E-state index contributed by atoms with van der Waals surface area (Å²) in [6, 6.07) is 6.59. The first-order valence-electron chi connectivity index (χ1n) is 4.12.